The van der Waals surface area contributed by atoms with Crippen LogP contribution in [-0.4, -0.2) is 9.97 Å². The topological polar surface area (TPSA) is 25.8 Å². The minimum absolute atomic E-state index is 0. The zero-order chi connectivity index (χ0) is 36.2. The van der Waals surface area contributed by atoms with Gasteiger partial charge in [-0.2, -0.15) is 0 Å². The first-order valence-corrected chi connectivity index (χ1v) is 18.0. The van der Waals surface area contributed by atoms with E-state index in [0.29, 0.717) is 5.41 Å². The molecule has 53 heavy (non-hydrogen) atoms. The Labute approximate surface area is 328 Å². The van der Waals surface area contributed by atoms with Crippen LogP contribution in [0.4, 0.5) is 0 Å². The fourth-order valence-corrected chi connectivity index (χ4v) is 7.01. The Bertz CT molecular complexity index is 2450. The number of rotatable bonds is 5. The summed E-state index contributed by atoms with van der Waals surface area (Å²) in [6.45, 7) is 13.1. The first kappa shape index (κ1) is 37.5. The number of aryl methyl sites for hydroxylation is 3. The molecule has 2 aromatic heterocycles. The largest absolute Gasteiger partial charge is 0.305 e. The summed E-state index contributed by atoms with van der Waals surface area (Å²) in [6.07, 6.45) is 4.93. The number of benzene rings is 6. The zero-order valence-electron chi connectivity index (χ0n) is 31.3. The Morgan fingerprint density at radius 3 is 1.91 bits per heavy atom. The predicted octanol–water partition coefficient (Wildman–Crippen LogP) is 13.2. The van der Waals surface area contributed by atoms with Crippen LogP contribution in [0.3, 0.4) is 0 Å². The number of hydrogen-bond donors (Lipinski definition) is 0. The number of fused-ring (bicyclic) bond motifs is 3. The second kappa shape index (κ2) is 16.2. The summed E-state index contributed by atoms with van der Waals surface area (Å²) in [5.41, 5.74) is 14.2. The molecule has 1 radical (unpaired) electrons. The second-order valence-electron chi connectivity index (χ2n) is 14.9. The van der Waals surface area contributed by atoms with Crippen molar-refractivity contribution in [2.24, 2.45) is 5.41 Å². The summed E-state index contributed by atoms with van der Waals surface area (Å²) in [4.78, 5) is 9.19. The molecule has 8 rings (SSSR count). The van der Waals surface area contributed by atoms with Gasteiger partial charge in [-0.05, 0) is 92.5 Å². The van der Waals surface area contributed by atoms with Gasteiger partial charge >= 0.3 is 0 Å². The van der Waals surface area contributed by atoms with Gasteiger partial charge in [0.2, 0.25) is 0 Å². The van der Waals surface area contributed by atoms with Crippen LogP contribution in [0.1, 0.15) is 43.0 Å². The Morgan fingerprint density at radius 1 is 0.566 bits per heavy atom. The predicted molar refractivity (Wildman–Crippen MR) is 220 cm³/mol. The summed E-state index contributed by atoms with van der Waals surface area (Å²) in [6, 6.07) is 53.8. The first-order chi connectivity index (χ1) is 25.1. The summed E-state index contributed by atoms with van der Waals surface area (Å²) in [5, 5.41) is 5.08. The summed E-state index contributed by atoms with van der Waals surface area (Å²) in [7, 11) is 0. The van der Waals surface area contributed by atoms with Gasteiger partial charge in [-0.3, -0.25) is 0 Å². The fraction of sp³-hybridized carbons (Fsp3) is 0.160. The number of nitrogens with zero attached hydrogens (tertiary/aromatic N) is 2. The zero-order valence-corrected chi connectivity index (χ0v) is 33.7. The Morgan fingerprint density at radius 2 is 1.25 bits per heavy atom. The van der Waals surface area contributed by atoms with E-state index in [1.807, 2.05) is 18.5 Å². The SMILES string of the molecule is Cc1c[c-]c(-c2ccc(CC(C)(C)C)cn2)cc1.Cc1cccc(C)c1-c1ccnc(-c2[c-]cc(-c3cc4ccccc4c4ccccc34)cc2)c1.[Ir]. The van der Waals surface area contributed by atoms with Gasteiger partial charge in [-0.1, -0.05) is 130 Å². The second-order valence-corrected chi connectivity index (χ2v) is 14.9. The van der Waals surface area contributed by atoms with Crippen molar-refractivity contribution in [2.45, 2.75) is 48.0 Å². The van der Waals surface area contributed by atoms with Gasteiger partial charge in [0.15, 0.2) is 0 Å². The van der Waals surface area contributed by atoms with Crippen molar-refractivity contribution in [3.05, 3.63) is 180 Å². The van der Waals surface area contributed by atoms with E-state index in [1.54, 1.807) is 0 Å². The fourth-order valence-electron chi connectivity index (χ4n) is 7.01. The molecule has 2 heterocycles. The minimum Gasteiger partial charge on any atom is -0.305 e. The maximum Gasteiger partial charge on any atom is 0.0193 e. The van der Waals surface area contributed by atoms with Crippen LogP contribution < -0.4 is 0 Å². The van der Waals surface area contributed by atoms with Crippen molar-refractivity contribution in [1.82, 2.24) is 9.97 Å². The Kier molecular flexibility index (Phi) is 11.5. The van der Waals surface area contributed by atoms with Crippen LogP contribution >= 0.6 is 0 Å². The maximum atomic E-state index is 4.66. The molecule has 0 saturated carbocycles. The van der Waals surface area contributed by atoms with Crippen molar-refractivity contribution < 1.29 is 20.1 Å². The summed E-state index contributed by atoms with van der Waals surface area (Å²) < 4.78 is 0. The van der Waals surface area contributed by atoms with Crippen molar-refractivity contribution in [2.75, 3.05) is 0 Å². The van der Waals surface area contributed by atoms with Crippen molar-refractivity contribution >= 4 is 21.5 Å². The number of pyridine rings is 2. The van der Waals surface area contributed by atoms with E-state index in [9.17, 15) is 0 Å². The molecule has 2 nitrogen and oxygen atoms in total. The summed E-state index contributed by atoms with van der Waals surface area (Å²) >= 11 is 0. The molecule has 0 aliphatic rings. The maximum absolute atomic E-state index is 4.66. The van der Waals surface area contributed by atoms with E-state index in [-0.39, 0.29) is 20.1 Å². The molecule has 0 aliphatic carbocycles. The van der Waals surface area contributed by atoms with Crippen LogP contribution in [0.2, 0.25) is 0 Å². The van der Waals surface area contributed by atoms with Crippen molar-refractivity contribution in [1.29, 1.82) is 0 Å². The molecule has 0 fully saturated rings. The van der Waals surface area contributed by atoms with Gasteiger partial charge in [0, 0.05) is 32.5 Å². The molecule has 0 aliphatic heterocycles. The normalized spacial score (nSPS) is 11.1. The van der Waals surface area contributed by atoms with E-state index in [4.69, 9.17) is 0 Å². The van der Waals surface area contributed by atoms with Crippen LogP contribution in [-0.2, 0) is 26.5 Å². The Balaban J connectivity index is 0.000000215. The van der Waals surface area contributed by atoms with Gasteiger partial charge in [-0.15, -0.1) is 65.2 Å². The quantitative estimate of drug-likeness (QED) is 0.127. The molecule has 0 unspecified atom stereocenters. The third-order valence-corrected chi connectivity index (χ3v) is 9.50. The van der Waals surface area contributed by atoms with E-state index in [0.717, 1.165) is 34.5 Å². The smallest absolute Gasteiger partial charge is 0.0193 e. The first-order valence-electron chi connectivity index (χ1n) is 18.0. The van der Waals surface area contributed by atoms with E-state index in [2.05, 4.69) is 191 Å². The molecule has 0 bridgehead atoms. The molecular formula is C50H44IrN2-2. The van der Waals surface area contributed by atoms with Crippen LogP contribution in [0.15, 0.2) is 146 Å². The standard InChI is InChI=1S/C33H24N.C17H20N.Ir/c1-22-8-7-9-23(2)33(22)27-18-19-34-32(21-27)25-16-14-24(15-17-25)31-20-26-10-3-4-11-28(26)29-12-5-6-13-30(29)31;1-13-5-8-15(9-6-13)16-10-7-14(12-18-16)11-17(2,3)4;/h3-16,18-21H,1-2H3;5-8,10,12H,11H2,1-4H3;/q2*-1;. The van der Waals surface area contributed by atoms with Gasteiger partial charge in [0.25, 0.3) is 0 Å². The average Bonchev–Trinajstić information content (AvgIpc) is 3.15. The minimum atomic E-state index is 0. The molecule has 0 amide bonds. The van der Waals surface area contributed by atoms with Gasteiger partial charge < -0.3 is 9.97 Å². The molecule has 265 valence electrons. The Hall–Kier alpha value is -5.21. The third-order valence-electron chi connectivity index (χ3n) is 9.50. The van der Waals surface area contributed by atoms with Gasteiger partial charge in [-0.25, -0.2) is 0 Å². The number of hydrogen-bond acceptors (Lipinski definition) is 2. The van der Waals surface area contributed by atoms with E-state index >= 15 is 0 Å². The van der Waals surface area contributed by atoms with Gasteiger partial charge in [0.1, 0.15) is 0 Å². The molecule has 6 aromatic carbocycles. The van der Waals surface area contributed by atoms with Crippen LogP contribution in [0, 0.1) is 38.3 Å². The molecule has 0 atom stereocenters. The third kappa shape index (κ3) is 8.71. The average molecular weight is 865 g/mol. The van der Waals surface area contributed by atoms with Crippen LogP contribution in [0.25, 0.3) is 66.3 Å². The molecule has 8 aromatic rings. The molecule has 0 saturated heterocycles. The van der Waals surface area contributed by atoms with E-state index < -0.39 is 0 Å². The van der Waals surface area contributed by atoms with Crippen molar-refractivity contribution in [3.8, 4) is 44.8 Å². The molecule has 3 heteroatoms. The molecule has 0 spiro atoms. The summed E-state index contributed by atoms with van der Waals surface area (Å²) in [5.74, 6) is 0. The van der Waals surface area contributed by atoms with E-state index in [1.165, 1.54) is 60.5 Å². The number of aromatic nitrogens is 2. The van der Waals surface area contributed by atoms with Crippen molar-refractivity contribution in [3.63, 3.8) is 0 Å². The molecular weight excluding hydrogens is 821 g/mol. The monoisotopic (exact) mass is 865 g/mol. The van der Waals surface area contributed by atoms with Crippen LogP contribution in [0.5, 0.6) is 0 Å². The van der Waals surface area contributed by atoms with Gasteiger partial charge in [0.05, 0.1) is 0 Å². The molecule has 0 N–H and O–H groups in total.